The van der Waals surface area contributed by atoms with Crippen LogP contribution in [0.2, 0.25) is 0 Å². The minimum absolute atomic E-state index is 0.0276. The van der Waals surface area contributed by atoms with Crippen molar-refractivity contribution in [1.29, 1.82) is 0 Å². The number of hydrogen-bond donors (Lipinski definition) is 0. The van der Waals surface area contributed by atoms with Crippen LogP contribution in [0.1, 0.15) is 84.2 Å². The summed E-state index contributed by atoms with van der Waals surface area (Å²) in [7, 11) is 0. The summed E-state index contributed by atoms with van der Waals surface area (Å²) < 4.78 is 10.9. The average Bonchev–Trinajstić information content (AvgIpc) is 2.75. The van der Waals surface area contributed by atoms with E-state index in [0.29, 0.717) is 18.4 Å². The molecule has 0 unspecified atom stereocenters. The van der Waals surface area contributed by atoms with Crippen LogP contribution in [0.15, 0.2) is 36.4 Å². The molecule has 0 bridgehead atoms. The van der Waals surface area contributed by atoms with Gasteiger partial charge in [0.05, 0.1) is 5.56 Å². The molecule has 30 heavy (non-hydrogen) atoms. The lowest BCUT2D eigenvalue weighted by molar-refractivity contribution is -0.137. The molecule has 0 heterocycles. The van der Waals surface area contributed by atoms with Crippen LogP contribution in [0.25, 0.3) is 0 Å². The normalized spacial score (nSPS) is 12.2. The topological polar surface area (TPSA) is 86.7 Å². The first-order chi connectivity index (χ1) is 14.5. The van der Waals surface area contributed by atoms with Gasteiger partial charge in [0, 0.05) is 29.5 Å². The number of ether oxygens (including phenoxy) is 2. The van der Waals surface area contributed by atoms with Crippen molar-refractivity contribution in [1.82, 2.24) is 0 Å². The third-order valence-electron chi connectivity index (χ3n) is 4.92. The number of esters is 2. The Labute approximate surface area is 175 Å². The van der Waals surface area contributed by atoms with Crippen LogP contribution in [-0.2, 0) is 9.59 Å². The Morgan fingerprint density at radius 3 is 1.90 bits per heavy atom. The zero-order valence-electron chi connectivity index (χ0n) is 17.2. The van der Waals surface area contributed by atoms with E-state index in [4.69, 9.17) is 9.47 Å². The van der Waals surface area contributed by atoms with Crippen molar-refractivity contribution in [3.8, 4) is 11.5 Å². The van der Waals surface area contributed by atoms with Gasteiger partial charge in [0.25, 0.3) is 0 Å². The van der Waals surface area contributed by atoms with Crippen LogP contribution in [-0.4, -0.2) is 23.5 Å². The zero-order chi connectivity index (χ0) is 21.7. The second-order valence-corrected chi connectivity index (χ2v) is 7.17. The predicted molar refractivity (Wildman–Crippen MR) is 110 cm³/mol. The van der Waals surface area contributed by atoms with E-state index >= 15 is 0 Å². The lowest BCUT2D eigenvalue weighted by atomic mass is 9.83. The third kappa shape index (κ3) is 4.32. The Hall–Kier alpha value is -3.28. The molecule has 0 N–H and O–H groups in total. The first-order valence-corrected chi connectivity index (χ1v) is 10.2. The van der Waals surface area contributed by atoms with Crippen molar-refractivity contribution in [2.24, 2.45) is 0 Å². The number of carbonyl (C=O) groups is 4. The number of rotatable bonds is 8. The summed E-state index contributed by atoms with van der Waals surface area (Å²) in [5, 5.41) is 0. The summed E-state index contributed by atoms with van der Waals surface area (Å²) >= 11 is 0. The van der Waals surface area contributed by atoms with Crippen LogP contribution < -0.4 is 9.47 Å². The Morgan fingerprint density at radius 2 is 1.30 bits per heavy atom. The molecule has 0 amide bonds. The van der Waals surface area contributed by atoms with Gasteiger partial charge < -0.3 is 9.47 Å². The maximum absolute atomic E-state index is 13.2. The first kappa shape index (κ1) is 21.4. The van der Waals surface area contributed by atoms with E-state index in [2.05, 4.69) is 0 Å². The van der Waals surface area contributed by atoms with E-state index in [1.54, 1.807) is 24.3 Å². The molecule has 0 spiro atoms. The quantitative estimate of drug-likeness (QED) is 0.398. The molecule has 0 fully saturated rings. The number of unbranched alkanes of at least 4 members (excludes halogenated alkanes) is 2. The Kier molecular flexibility index (Phi) is 6.77. The number of ketones is 2. The van der Waals surface area contributed by atoms with Gasteiger partial charge in [-0.1, -0.05) is 51.0 Å². The molecular formula is C24H24O6. The van der Waals surface area contributed by atoms with Crippen molar-refractivity contribution in [3.63, 3.8) is 0 Å². The maximum atomic E-state index is 13.2. The highest BCUT2D eigenvalue weighted by atomic mass is 16.6. The fraction of sp³-hybridized carbons (Fsp3) is 0.333. The van der Waals surface area contributed by atoms with E-state index in [9.17, 15) is 19.2 Å². The van der Waals surface area contributed by atoms with Crippen LogP contribution in [0.5, 0.6) is 11.5 Å². The highest BCUT2D eigenvalue weighted by Gasteiger charge is 2.35. The second-order valence-electron chi connectivity index (χ2n) is 7.17. The van der Waals surface area contributed by atoms with E-state index < -0.39 is 17.7 Å². The fourth-order valence-electron chi connectivity index (χ4n) is 3.30. The van der Waals surface area contributed by atoms with E-state index in [1.165, 1.54) is 12.1 Å². The largest absolute Gasteiger partial charge is 0.422 e. The summed E-state index contributed by atoms with van der Waals surface area (Å²) in [5.41, 5.74) is 0.621. The summed E-state index contributed by atoms with van der Waals surface area (Å²) in [5.74, 6) is -2.00. The molecule has 2 aromatic rings. The predicted octanol–water partition coefficient (Wildman–Crippen LogP) is 4.65. The van der Waals surface area contributed by atoms with Crippen molar-refractivity contribution in [2.45, 2.75) is 52.4 Å². The number of benzene rings is 2. The van der Waals surface area contributed by atoms with Gasteiger partial charge in [-0.05, 0) is 25.0 Å². The van der Waals surface area contributed by atoms with Gasteiger partial charge in [-0.3, -0.25) is 19.2 Å². The number of fused-ring (bicyclic) bond motifs is 2. The molecule has 0 saturated carbocycles. The number of hydrogen-bond acceptors (Lipinski definition) is 6. The third-order valence-corrected chi connectivity index (χ3v) is 4.92. The van der Waals surface area contributed by atoms with Crippen molar-refractivity contribution in [2.75, 3.05) is 0 Å². The molecule has 2 aromatic carbocycles. The maximum Gasteiger partial charge on any atom is 0.311 e. The fourth-order valence-corrected chi connectivity index (χ4v) is 3.30. The molecule has 156 valence electrons. The van der Waals surface area contributed by atoms with Gasteiger partial charge in [-0.25, -0.2) is 0 Å². The van der Waals surface area contributed by atoms with Gasteiger partial charge in [0.15, 0.2) is 23.1 Å². The lowest BCUT2D eigenvalue weighted by Gasteiger charge is -2.21. The summed E-state index contributed by atoms with van der Waals surface area (Å²) in [6.45, 7) is 3.90. The molecule has 0 radical (unpaired) electrons. The Bertz CT molecular complexity index is 1000. The monoisotopic (exact) mass is 408 g/mol. The lowest BCUT2D eigenvalue weighted by Crippen LogP contribution is -2.23. The van der Waals surface area contributed by atoms with Gasteiger partial charge in [0.2, 0.25) is 0 Å². The molecule has 1 aliphatic rings. The molecule has 1 aliphatic carbocycles. The van der Waals surface area contributed by atoms with Gasteiger partial charge >= 0.3 is 11.9 Å². The molecular weight excluding hydrogens is 384 g/mol. The summed E-state index contributed by atoms with van der Waals surface area (Å²) in [4.78, 5) is 50.7. The van der Waals surface area contributed by atoms with Gasteiger partial charge in [0.1, 0.15) is 0 Å². The first-order valence-electron chi connectivity index (χ1n) is 10.2. The van der Waals surface area contributed by atoms with E-state index in [-0.39, 0.29) is 46.8 Å². The molecule has 0 saturated heterocycles. The Balaban J connectivity index is 2.07. The SMILES string of the molecule is CCCCC(=O)Oc1ccc2c(c1OC(=O)CCCC)C(=O)c1ccccc1C2=O. The molecule has 0 aliphatic heterocycles. The number of carbonyl (C=O) groups excluding carboxylic acids is 4. The molecule has 0 aromatic heterocycles. The smallest absolute Gasteiger partial charge is 0.311 e. The minimum Gasteiger partial charge on any atom is -0.422 e. The molecule has 6 nitrogen and oxygen atoms in total. The van der Waals surface area contributed by atoms with Crippen LogP contribution in [0.3, 0.4) is 0 Å². The van der Waals surface area contributed by atoms with Gasteiger partial charge in [-0.2, -0.15) is 0 Å². The summed E-state index contributed by atoms with van der Waals surface area (Å²) in [6, 6.07) is 9.34. The minimum atomic E-state index is -0.546. The average molecular weight is 408 g/mol. The highest BCUT2D eigenvalue weighted by molar-refractivity contribution is 6.29. The molecule has 0 atom stereocenters. The van der Waals surface area contributed by atoms with E-state index in [1.807, 2.05) is 13.8 Å². The molecule has 6 heteroatoms. The van der Waals surface area contributed by atoms with Gasteiger partial charge in [-0.15, -0.1) is 0 Å². The van der Waals surface area contributed by atoms with Crippen LogP contribution >= 0.6 is 0 Å². The zero-order valence-corrected chi connectivity index (χ0v) is 17.2. The standard InChI is InChI=1S/C24H24O6/c1-3-5-11-19(25)29-18-14-13-17-21(24(18)30-20(26)12-6-4-2)23(28)16-10-8-7-9-15(16)22(17)27/h7-10,13-14H,3-6,11-12H2,1-2H3. The molecule has 3 rings (SSSR count). The van der Waals surface area contributed by atoms with E-state index in [0.717, 1.165) is 12.8 Å². The highest BCUT2D eigenvalue weighted by Crippen LogP contribution is 2.40. The van der Waals surface area contributed by atoms with Crippen molar-refractivity contribution >= 4 is 23.5 Å². The Morgan fingerprint density at radius 1 is 0.733 bits per heavy atom. The summed E-state index contributed by atoms with van der Waals surface area (Å²) in [6.07, 6.45) is 3.25. The van der Waals surface area contributed by atoms with Crippen LogP contribution in [0, 0.1) is 0 Å². The second kappa shape index (κ2) is 9.48. The van der Waals surface area contributed by atoms with Crippen molar-refractivity contribution in [3.05, 3.63) is 58.7 Å². The van der Waals surface area contributed by atoms with Crippen molar-refractivity contribution < 1.29 is 28.7 Å². The van der Waals surface area contributed by atoms with Crippen LogP contribution in [0.4, 0.5) is 0 Å².